The monoisotopic (exact) mass is 349 g/mol. The number of para-hydroxylation sites is 1. The summed E-state index contributed by atoms with van der Waals surface area (Å²) >= 11 is 0. The fraction of sp³-hybridized carbons (Fsp3) is 0.250. The van der Waals surface area contributed by atoms with Gasteiger partial charge in [-0.25, -0.2) is 4.39 Å². The van der Waals surface area contributed by atoms with E-state index in [0.29, 0.717) is 11.4 Å². The van der Waals surface area contributed by atoms with Crippen molar-refractivity contribution in [3.05, 3.63) is 59.4 Å². The van der Waals surface area contributed by atoms with Gasteiger partial charge in [-0.1, -0.05) is 24.3 Å². The fourth-order valence-electron chi connectivity index (χ4n) is 4.15. The minimum atomic E-state index is -1.02. The molecular formula is C20H16FN3O2. The highest BCUT2D eigenvalue weighted by Gasteiger charge is 2.58. The molecule has 1 N–H and O–H groups in total. The number of benzene rings is 2. The third-order valence-corrected chi connectivity index (χ3v) is 5.34. The maximum absolute atomic E-state index is 14.2. The molecule has 5 nitrogen and oxygen atoms in total. The second kappa shape index (κ2) is 5.67. The third-order valence-electron chi connectivity index (χ3n) is 5.34. The Kier molecular flexibility index (Phi) is 3.55. The van der Waals surface area contributed by atoms with E-state index in [2.05, 4.69) is 11.4 Å². The van der Waals surface area contributed by atoms with Crippen LogP contribution in [0.15, 0.2) is 42.5 Å². The number of rotatable bonds is 2. The zero-order valence-corrected chi connectivity index (χ0v) is 14.1. The van der Waals surface area contributed by atoms with Crippen LogP contribution in [-0.4, -0.2) is 24.8 Å². The number of hydrogen-bond acceptors (Lipinski definition) is 4. The standard InChI is InChI=1S/C20H16FN3O2/c1-12(25)18-15(21)6-4-8-17(18)24-10-13(9-22)20(11-24)14-5-2-3-7-16(14)23-19(20)26/h2-8,13H,10-11H2,1H3,(H,23,26)/t13-,20-/m0/s1. The van der Waals surface area contributed by atoms with Gasteiger partial charge in [-0.05, 0) is 30.7 Å². The summed E-state index contributed by atoms with van der Waals surface area (Å²) in [5, 5.41) is 12.6. The van der Waals surface area contributed by atoms with E-state index in [1.807, 2.05) is 24.3 Å². The Labute approximate surface area is 150 Å². The van der Waals surface area contributed by atoms with Gasteiger partial charge in [0.2, 0.25) is 5.91 Å². The predicted molar refractivity (Wildman–Crippen MR) is 94.5 cm³/mol. The lowest BCUT2D eigenvalue weighted by molar-refractivity contribution is -0.120. The van der Waals surface area contributed by atoms with Crippen molar-refractivity contribution < 1.29 is 14.0 Å². The van der Waals surface area contributed by atoms with Crippen molar-refractivity contribution in [3.8, 4) is 6.07 Å². The van der Waals surface area contributed by atoms with Gasteiger partial charge in [0.05, 0.1) is 23.2 Å². The molecule has 0 unspecified atom stereocenters. The summed E-state index contributed by atoms with van der Waals surface area (Å²) in [7, 11) is 0. The second-order valence-electron chi connectivity index (χ2n) is 6.72. The molecule has 0 radical (unpaired) electrons. The van der Waals surface area contributed by atoms with Crippen LogP contribution in [-0.2, 0) is 10.2 Å². The number of nitrogens with zero attached hydrogens (tertiary/aromatic N) is 2. The quantitative estimate of drug-likeness (QED) is 0.846. The van der Waals surface area contributed by atoms with Gasteiger partial charge in [0.25, 0.3) is 0 Å². The van der Waals surface area contributed by atoms with Gasteiger partial charge in [0.15, 0.2) is 5.78 Å². The van der Waals surface area contributed by atoms with E-state index in [1.165, 1.54) is 19.1 Å². The van der Waals surface area contributed by atoms with Crippen LogP contribution in [0.1, 0.15) is 22.8 Å². The van der Waals surface area contributed by atoms with E-state index in [-0.39, 0.29) is 30.3 Å². The molecule has 0 aliphatic carbocycles. The number of nitrogens with one attached hydrogen (secondary N) is 1. The molecule has 0 bridgehead atoms. The maximum atomic E-state index is 14.2. The number of amides is 1. The molecule has 1 amide bonds. The Morgan fingerprint density at radius 2 is 2.08 bits per heavy atom. The van der Waals surface area contributed by atoms with Gasteiger partial charge in [-0.15, -0.1) is 0 Å². The van der Waals surface area contributed by atoms with Gasteiger partial charge in [-0.3, -0.25) is 9.59 Å². The van der Waals surface area contributed by atoms with Crippen LogP contribution >= 0.6 is 0 Å². The molecule has 2 aromatic rings. The average Bonchev–Trinajstić information content (AvgIpc) is 3.14. The van der Waals surface area contributed by atoms with Crippen molar-refractivity contribution >= 4 is 23.1 Å². The van der Waals surface area contributed by atoms with E-state index < -0.39 is 17.2 Å². The molecule has 2 aromatic carbocycles. The molecule has 1 saturated heterocycles. The van der Waals surface area contributed by atoms with Crippen molar-refractivity contribution in [1.29, 1.82) is 5.26 Å². The summed E-state index contributed by atoms with van der Waals surface area (Å²) in [5.41, 5.74) is 0.872. The van der Waals surface area contributed by atoms with Crippen molar-refractivity contribution in [2.45, 2.75) is 12.3 Å². The summed E-state index contributed by atoms with van der Waals surface area (Å²) in [6, 6.07) is 14.0. The molecule has 2 heterocycles. The minimum absolute atomic E-state index is 0.00655. The lowest BCUT2D eigenvalue weighted by Gasteiger charge is -2.25. The van der Waals surface area contributed by atoms with Crippen LogP contribution in [0.25, 0.3) is 0 Å². The SMILES string of the molecule is CC(=O)c1c(F)cccc1N1C[C@H](C#N)[C@]2(C1)C(=O)Nc1ccccc12. The lowest BCUT2D eigenvalue weighted by Crippen LogP contribution is -2.42. The van der Waals surface area contributed by atoms with Crippen LogP contribution < -0.4 is 10.2 Å². The van der Waals surface area contributed by atoms with Gasteiger partial charge in [-0.2, -0.15) is 5.26 Å². The highest BCUT2D eigenvalue weighted by Crippen LogP contribution is 2.48. The third kappa shape index (κ3) is 2.07. The molecule has 1 fully saturated rings. The molecule has 4 rings (SSSR count). The summed E-state index contributed by atoms with van der Waals surface area (Å²) in [6.07, 6.45) is 0. The first-order valence-corrected chi connectivity index (χ1v) is 8.34. The van der Waals surface area contributed by atoms with Crippen molar-refractivity contribution in [2.75, 3.05) is 23.3 Å². The average molecular weight is 349 g/mol. The number of fused-ring (bicyclic) bond motifs is 2. The second-order valence-corrected chi connectivity index (χ2v) is 6.72. The molecule has 1 spiro atoms. The van der Waals surface area contributed by atoms with Crippen LogP contribution in [0.2, 0.25) is 0 Å². The topological polar surface area (TPSA) is 73.2 Å². The van der Waals surface area contributed by atoms with E-state index in [0.717, 1.165) is 5.56 Å². The maximum Gasteiger partial charge on any atom is 0.238 e. The number of halogens is 1. The summed E-state index contributed by atoms with van der Waals surface area (Å²) in [6.45, 7) is 1.78. The first kappa shape index (κ1) is 16.3. The van der Waals surface area contributed by atoms with Crippen LogP contribution in [0, 0.1) is 23.1 Å². The number of ketones is 1. The van der Waals surface area contributed by atoms with Crippen molar-refractivity contribution in [1.82, 2.24) is 0 Å². The van der Waals surface area contributed by atoms with E-state index in [9.17, 15) is 19.2 Å². The number of nitriles is 1. The van der Waals surface area contributed by atoms with Crippen LogP contribution in [0.3, 0.4) is 0 Å². The number of hydrogen-bond donors (Lipinski definition) is 1. The van der Waals surface area contributed by atoms with Gasteiger partial charge < -0.3 is 10.2 Å². The highest BCUT2D eigenvalue weighted by atomic mass is 19.1. The Morgan fingerprint density at radius 3 is 2.81 bits per heavy atom. The van der Waals surface area contributed by atoms with E-state index in [4.69, 9.17) is 0 Å². The van der Waals surface area contributed by atoms with Crippen LogP contribution in [0.4, 0.5) is 15.8 Å². The molecule has 6 heteroatoms. The molecular weight excluding hydrogens is 333 g/mol. The molecule has 2 aliphatic rings. The first-order chi connectivity index (χ1) is 12.5. The molecule has 0 aromatic heterocycles. The normalized spacial score (nSPS) is 23.7. The molecule has 26 heavy (non-hydrogen) atoms. The molecule has 0 saturated carbocycles. The molecule has 130 valence electrons. The predicted octanol–water partition coefficient (Wildman–Crippen LogP) is 2.88. The summed E-state index contributed by atoms with van der Waals surface area (Å²) in [4.78, 5) is 26.6. The van der Waals surface area contributed by atoms with Gasteiger partial charge in [0, 0.05) is 18.8 Å². The Morgan fingerprint density at radius 1 is 1.31 bits per heavy atom. The van der Waals surface area contributed by atoms with E-state index >= 15 is 0 Å². The summed E-state index contributed by atoms with van der Waals surface area (Å²) < 4.78 is 14.2. The van der Waals surface area contributed by atoms with Gasteiger partial charge in [0.1, 0.15) is 11.2 Å². The smallest absolute Gasteiger partial charge is 0.238 e. The lowest BCUT2D eigenvalue weighted by atomic mass is 9.74. The van der Waals surface area contributed by atoms with Crippen molar-refractivity contribution in [3.63, 3.8) is 0 Å². The molecule has 2 aliphatic heterocycles. The first-order valence-electron chi connectivity index (χ1n) is 8.34. The number of Topliss-reactive ketones (excluding diaryl/α,β-unsaturated/α-hetero) is 1. The zero-order valence-electron chi connectivity index (χ0n) is 14.1. The van der Waals surface area contributed by atoms with E-state index in [1.54, 1.807) is 11.0 Å². The largest absolute Gasteiger partial charge is 0.368 e. The van der Waals surface area contributed by atoms with Crippen LogP contribution in [0.5, 0.6) is 0 Å². The Balaban J connectivity index is 1.84. The minimum Gasteiger partial charge on any atom is -0.368 e. The number of carbonyl (C=O) groups excluding carboxylic acids is 2. The fourth-order valence-corrected chi connectivity index (χ4v) is 4.15. The Hall–Kier alpha value is -3.20. The number of anilines is 2. The Bertz CT molecular complexity index is 981. The van der Waals surface area contributed by atoms with Crippen molar-refractivity contribution in [2.24, 2.45) is 5.92 Å². The molecule has 2 atom stereocenters. The number of carbonyl (C=O) groups is 2. The van der Waals surface area contributed by atoms with Gasteiger partial charge >= 0.3 is 0 Å². The highest BCUT2D eigenvalue weighted by molar-refractivity contribution is 6.08. The zero-order chi connectivity index (χ0) is 18.5. The summed E-state index contributed by atoms with van der Waals surface area (Å²) in [5.74, 6) is -1.81.